The van der Waals surface area contributed by atoms with Gasteiger partial charge in [-0.2, -0.15) is 0 Å². The molecule has 0 spiro atoms. The molecule has 0 aromatic rings. The van der Waals surface area contributed by atoms with Crippen molar-refractivity contribution in [2.45, 2.75) is 64.8 Å². The fourth-order valence-corrected chi connectivity index (χ4v) is 2.39. The van der Waals surface area contributed by atoms with Crippen LogP contribution in [0.1, 0.15) is 41.0 Å². The molecule has 1 saturated heterocycles. The summed E-state index contributed by atoms with van der Waals surface area (Å²) in [5.74, 6) is -0.893. The second-order valence-corrected chi connectivity index (χ2v) is 6.77. The third-order valence-corrected chi connectivity index (χ3v) is 3.39. The van der Waals surface area contributed by atoms with E-state index in [-0.39, 0.29) is 18.2 Å². The molecule has 0 radical (unpaired) electrons. The molecule has 7 nitrogen and oxygen atoms in total. The molecule has 3 atom stereocenters. The number of carboxylic acid groups (broad SMARTS) is 1. The van der Waals surface area contributed by atoms with Gasteiger partial charge in [0.05, 0.1) is 19.3 Å². The van der Waals surface area contributed by atoms with Crippen LogP contribution in [-0.2, 0) is 14.3 Å². The second-order valence-electron chi connectivity index (χ2n) is 6.77. The van der Waals surface area contributed by atoms with Gasteiger partial charge in [-0.15, -0.1) is 0 Å². The summed E-state index contributed by atoms with van der Waals surface area (Å²) in [7, 11) is 0. The molecule has 0 aromatic carbocycles. The Morgan fingerprint density at radius 2 is 2.05 bits per heavy atom. The summed E-state index contributed by atoms with van der Waals surface area (Å²) >= 11 is 0. The van der Waals surface area contributed by atoms with Crippen molar-refractivity contribution < 1.29 is 24.2 Å². The van der Waals surface area contributed by atoms with Crippen molar-refractivity contribution in [2.24, 2.45) is 0 Å². The first-order chi connectivity index (χ1) is 10.1. The van der Waals surface area contributed by atoms with Gasteiger partial charge in [-0.25, -0.2) is 4.79 Å². The lowest BCUT2D eigenvalue weighted by atomic mass is 10.1. The number of nitrogens with zero attached hydrogens (tertiary/aromatic N) is 1. The molecule has 22 heavy (non-hydrogen) atoms. The summed E-state index contributed by atoms with van der Waals surface area (Å²) in [6.45, 7) is 10.4. The van der Waals surface area contributed by atoms with Crippen LogP contribution in [0.2, 0.25) is 0 Å². The summed E-state index contributed by atoms with van der Waals surface area (Å²) in [4.78, 5) is 24.8. The van der Waals surface area contributed by atoms with Gasteiger partial charge in [0.1, 0.15) is 11.6 Å². The Morgan fingerprint density at radius 3 is 2.59 bits per heavy atom. The predicted octanol–water partition coefficient (Wildman–Crippen LogP) is 1.46. The number of carbonyl (C=O) groups excluding carboxylic acids is 1. The number of carboxylic acids is 1. The summed E-state index contributed by atoms with van der Waals surface area (Å²) in [6, 6.07) is -0.802. The van der Waals surface area contributed by atoms with Crippen LogP contribution in [0.3, 0.4) is 0 Å². The third-order valence-electron chi connectivity index (χ3n) is 3.39. The molecular weight excluding hydrogens is 288 g/mol. The molecule has 1 amide bonds. The Labute approximate surface area is 131 Å². The van der Waals surface area contributed by atoms with Gasteiger partial charge in [-0.05, 0) is 41.0 Å². The fourth-order valence-electron chi connectivity index (χ4n) is 2.39. The number of rotatable bonds is 5. The standard InChI is InChI=1S/C15H28N2O5/c1-10(16-11(2)13(18)19)8-12-9-21-7-6-17(12)14(20)22-15(3,4)5/h10-12,16H,6-9H2,1-5H3,(H,18,19). The molecule has 1 aliphatic rings. The van der Waals surface area contributed by atoms with E-state index in [2.05, 4.69) is 5.32 Å². The van der Waals surface area contributed by atoms with Gasteiger partial charge in [-0.3, -0.25) is 4.79 Å². The van der Waals surface area contributed by atoms with Crippen molar-refractivity contribution in [3.8, 4) is 0 Å². The lowest BCUT2D eigenvalue weighted by molar-refractivity contribution is -0.139. The largest absolute Gasteiger partial charge is 0.480 e. The maximum Gasteiger partial charge on any atom is 0.410 e. The minimum absolute atomic E-state index is 0.0530. The van der Waals surface area contributed by atoms with Crippen molar-refractivity contribution in [1.29, 1.82) is 0 Å². The Bertz CT molecular complexity index is 394. The molecule has 0 aromatic heterocycles. The van der Waals surface area contributed by atoms with Crippen LogP contribution in [0, 0.1) is 0 Å². The number of carbonyl (C=O) groups is 2. The van der Waals surface area contributed by atoms with Gasteiger partial charge in [0.2, 0.25) is 0 Å². The Morgan fingerprint density at radius 1 is 1.41 bits per heavy atom. The van der Waals surface area contributed by atoms with E-state index in [9.17, 15) is 9.59 Å². The van der Waals surface area contributed by atoms with Crippen molar-refractivity contribution in [1.82, 2.24) is 10.2 Å². The summed E-state index contributed by atoms with van der Waals surface area (Å²) in [5, 5.41) is 11.9. The number of nitrogens with one attached hydrogen (secondary N) is 1. The van der Waals surface area contributed by atoms with Gasteiger partial charge < -0.3 is 24.8 Å². The molecule has 1 aliphatic heterocycles. The van der Waals surface area contributed by atoms with Gasteiger partial charge in [0, 0.05) is 12.6 Å². The molecule has 1 heterocycles. The van der Waals surface area contributed by atoms with Crippen molar-refractivity contribution in [2.75, 3.05) is 19.8 Å². The smallest absolute Gasteiger partial charge is 0.410 e. The normalized spacial score (nSPS) is 22.0. The maximum atomic E-state index is 12.3. The van der Waals surface area contributed by atoms with E-state index in [0.717, 1.165) is 0 Å². The van der Waals surface area contributed by atoms with Crippen LogP contribution in [0.4, 0.5) is 4.79 Å². The molecule has 7 heteroatoms. The zero-order chi connectivity index (χ0) is 16.9. The van der Waals surface area contributed by atoms with Crippen LogP contribution in [0.15, 0.2) is 0 Å². The Balaban J connectivity index is 2.61. The lowest BCUT2D eigenvalue weighted by Gasteiger charge is -2.38. The van der Waals surface area contributed by atoms with E-state index < -0.39 is 17.6 Å². The first-order valence-electron chi connectivity index (χ1n) is 7.66. The highest BCUT2D eigenvalue weighted by Crippen LogP contribution is 2.17. The zero-order valence-electron chi connectivity index (χ0n) is 14.1. The van der Waals surface area contributed by atoms with Crippen molar-refractivity contribution in [3.63, 3.8) is 0 Å². The van der Waals surface area contributed by atoms with Gasteiger partial charge >= 0.3 is 12.1 Å². The first kappa shape index (κ1) is 18.7. The third kappa shape index (κ3) is 6.19. The molecule has 0 bridgehead atoms. The second kappa shape index (κ2) is 7.78. The highest BCUT2D eigenvalue weighted by Gasteiger charge is 2.32. The van der Waals surface area contributed by atoms with Crippen LogP contribution in [0.5, 0.6) is 0 Å². The van der Waals surface area contributed by atoms with Crippen LogP contribution >= 0.6 is 0 Å². The Hall–Kier alpha value is -1.34. The number of morpholine rings is 1. The minimum Gasteiger partial charge on any atom is -0.480 e. The van der Waals surface area contributed by atoms with E-state index in [1.54, 1.807) is 11.8 Å². The molecule has 3 unspecified atom stereocenters. The number of ether oxygens (including phenoxy) is 2. The molecular formula is C15H28N2O5. The van der Waals surface area contributed by atoms with E-state index >= 15 is 0 Å². The highest BCUT2D eigenvalue weighted by molar-refractivity contribution is 5.72. The molecule has 0 aliphatic carbocycles. The van der Waals surface area contributed by atoms with Crippen LogP contribution < -0.4 is 5.32 Å². The predicted molar refractivity (Wildman–Crippen MR) is 81.9 cm³/mol. The summed E-state index contributed by atoms with van der Waals surface area (Å²) in [6.07, 6.45) is 0.260. The number of hydrogen-bond acceptors (Lipinski definition) is 5. The van der Waals surface area contributed by atoms with Crippen molar-refractivity contribution in [3.05, 3.63) is 0 Å². The number of hydrogen-bond donors (Lipinski definition) is 2. The number of amides is 1. The SMILES string of the molecule is CC(CC1COCCN1C(=O)OC(C)(C)C)NC(C)C(=O)O. The van der Waals surface area contributed by atoms with Gasteiger partial charge in [0.15, 0.2) is 0 Å². The van der Waals surface area contributed by atoms with Crippen molar-refractivity contribution >= 4 is 12.1 Å². The number of aliphatic carboxylic acids is 1. The molecule has 1 fully saturated rings. The molecule has 2 N–H and O–H groups in total. The quantitative estimate of drug-likeness (QED) is 0.798. The zero-order valence-corrected chi connectivity index (χ0v) is 14.1. The molecule has 0 saturated carbocycles. The monoisotopic (exact) mass is 316 g/mol. The van der Waals surface area contributed by atoms with E-state index in [1.165, 1.54) is 0 Å². The first-order valence-corrected chi connectivity index (χ1v) is 7.66. The summed E-state index contributed by atoms with van der Waals surface area (Å²) in [5.41, 5.74) is -0.540. The van der Waals surface area contributed by atoms with Gasteiger partial charge in [0.25, 0.3) is 0 Å². The summed E-state index contributed by atoms with van der Waals surface area (Å²) < 4.78 is 10.9. The van der Waals surface area contributed by atoms with E-state index in [0.29, 0.717) is 26.2 Å². The van der Waals surface area contributed by atoms with Gasteiger partial charge in [-0.1, -0.05) is 0 Å². The topological polar surface area (TPSA) is 88.1 Å². The highest BCUT2D eigenvalue weighted by atomic mass is 16.6. The minimum atomic E-state index is -0.893. The molecule has 128 valence electrons. The maximum absolute atomic E-state index is 12.3. The van der Waals surface area contributed by atoms with Crippen LogP contribution in [-0.4, -0.2) is 65.6 Å². The fraction of sp³-hybridized carbons (Fsp3) is 0.867. The molecule has 1 rings (SSSR count). The van der Waals surface area contributed by atoms with Crippen LogP contribution in [0.25, 0.3) is 0 Å². The Kier molecular flexibility index (Phi) is 6.62. The lowest BCUT2D eigenvalue weighted by Crippen LogP contribution is -2.53. The van der Waals surface area contributed by atoms with E-state index in [4.69, 9.17) is 14.6 Å². The average molecular weight is 316 g/mol. The van der Waals surface area contributed by atoms with E-state index in [1.807, 2.05) is 27.7 Å². The average Bonchev–Trinajstić information content (AvgIpc) is 2.36.